The number of nitro groups is 2. The molecule has 4 rings (SSSR count). The minimum absolute atomic E-state index is 0. The maximum absolute atomic E-state index is 10.7. The van der Waals surface area contributed by atoms with Crippen LogP contribution in [0.5, 0.6) is 11.5 Å². The molecule has 0 aliphatic carbocycles. The van der Waals surface area contributed by atoms with Crippen LogP contribution in [0.25, 0.3) is 9.95 Å². The van der Waals surface area contributed by atoms with E-state index in [1.54, 1.807) is 26.0 Å². The number of methoxy groups -OCH3 is 2. The third-order valence-electron chi connectivity index (χ3n) is 6.01. The van der Waals surface area contributed by atoms with Gasteiger partial charge in [-0.25, -0.2) is 0 Å². The topological polar surface area (TPSA) is 210 Å². The molecule has 0 aromatic heterocycles. The molecule has 51 heavy (non-hydrogen) atoms. The summed E-state index contributed by atoms with van der Waals surface area (Å²) in [5, 5.41) is 55.4. The van der Waals surface area contributed by atoms with E-state index in [2.05, 4.69) is 30.4 Å². The van der Waals surface area contributed by atoms with Crippen LogP contribution in [-0.2, 0) is 19.5 Å². The summed E-state index contributed by atoms with van der Waals surface area (Å²) in [5.74, 6) is 1.09. The van der Waals surface area contributed by atoms with E-state index in [9.17, 15) is 20.2 Å². The maximum atomic E-state index is 10.7. The van der Waals surface area contributed by atoms with E-state index in [-0.39, 0.29) is 113 Å². The molecular formula is C28H22Cl6N10O6Zn. The number of benzene rings is 4. The molecule has 0 unspecified atom stereocenters. The number of diazo groups is 2. The van der Waals surface area contributed by atoms with E-state index in [0.717, 1.165) is 11.1 Å². The number of azo groups is 2. The SMILES string of the molecule is COc1cc([N+]#N)c(N=Nc2ccc([N+](=O)[O-])cc2Cl)cc1C.COc1cc([N+]#N)c(N=Nc2ccc([N+](=O)[O-])cc2Cl)cc1C.[Cl-].[Cl-].[Cl-].[Cl-].[Zn+2]. The first-order valence-electron chi connectivity index (χ1n) is 12.7. The Hall–Kier alpha value is -4.32. The predicted molar refractivity (Wildman–Crippen MR) is 170 cm³/mol. The van der Waals surface area contributed by atoms with Crippen molar-refractivity contribution in [2.75, 3.05) is 14.2 Å². The van der Waals surface area contributed by atoms with Gasteiger partial charge in [-0.05, 0) is 49.2 Å². The van der Waals surface area contributed by atoms with Crippen molar-refractivity contribution in [3.63, 3.8) is 0 Å². The second-order valence-corrected chi connectivity index (χ2v) is 9.82. The summed E-state index contributed by atoms with van der Waals surface area (Å²) in [6.07, 6.45) is 0. The third-order valence-corrected chi connectivity index (χ3v) is 6.62. The number of aryl methyl sites for hydroxylation is 2. The Balaban J connectivity index is -0.000000823. The normalized spacial score (nSPS) is 9.49. The van der Waals surface area contributed by atoms with E-state index < -0.39 is 9.85 Å². The van der Waals surface area contributed by atoms with Gasteiger partial charge in [0.1, 0.15) is 22.9 Å². The molecule has 0 fully saturated rings. The molecule has 0 aliphatic rings. The first kappa shape index (κ1) is 51.1. The smallest absolute Gasteiger partial charge is 1.00 e. The van der Waals surface area contributed by atoms with Gasteiger partial charge in [0.2, 0.25) is 10.8 Å². The first-order valence-corrected chi connectivity index (χ1v) is 13.5. The molecule has 0 spiro atoms. The number of hydrogen-bond donors (Lipinski definition) is 0. The van der Waals surface area contributed by atoms with Crippen molar-refractivity contribution in [2.45, 2.75) is 13.8 Å². The zero-order valence-electron chi connectivity index (χ0n) is 26.7. The van der Waals surface area contributed by atoms with Crippen LogP contribution in [0.2, 0.25) is 10.0 Å². The Bertz CT molecular complexity index is 1850. The molecule has 0 amide bonds. The molecule has 0 aliphatic heterocycles. The Labute approximate surface area is 338 Å². The van der Waals surface area contributed by atoms with Gasteiger partial charge in [-0.1, -0.05) is 23.2 Å². The van der Waals surface area contributed by atoms with Crippen LogP contribution >= 0.6 is 23.2 Å². The standard InChI is InChI=1S/2C14H11ClN5O3.4ClH.Zn/c2*1-8-5-13(12(17-16)7-14(8)23-2)19-18-11-4-3-9(20(21)22)6-10(11)15;;;;;/h2*3-7H,1-2H3;4*1H;/q2*+1;;;;;+2/p-4. The largest absolute Gasteiger partial charge is 2.00 e. The molecule has 264 valence electrons. The fourth-order valence-electron chi connectivity index (χ4n) is 3.68. The van der Waals surface area contributed by atoms with Gasteiger partial charge in [-0.3, -0.25) is 20.2 Å². The summed E-state index contributed by atoms with van der Waals surface area (Å²) >= 11 is 11.9. The van der Waals surface area contributed by atoms with Gasteiger partial charge in [-0.2, -0.15) is 0 Å². The van der Waals surface area contributed by atoms with Gasteiger partial charge in [0.25, 0.3) is 11.4 Å². The zero-order chi connectivity index (χ0) is 34.0. The molecular weight excluding hydrogens is 850 g/mol. The summed E-state index contributed by atoms with van der Waals surface area (Å²) in [6.45, 7) is 3.61. The van der Waals surface area contributed by atoms with Crippen molar-refractivity contribution < 1.29 is 88.4 Å². The van der Waals surface area contributed by atoms with Gasteiger partial charge in [0.05, 0.1) is 46.2 Å². The van der Waals surface area contributed by atoms with Gasteiger partial charge >= 0.3 is 30.9 Å². The summed E-state index contributed by atoms with van der Waals surface area (Å²) in [7, 11) is 3.00. The number of rotatable bonds is 8. The average molecular weight is 873 g/mol. The van der Waals surface area contributed by atoms with Gasteiger partial charge in [0, 0.05) is 24.3 Å². The number of nitro benzene ring substituents is 2. The Morgan fingerprint density at radius 3 is 1.18 bits per heavy atom. The average Bonchev–Trinajstić information content (AvgIpc) is 3.03. The van der Waals surface area contributed by atoms with Crippen molar-refractivity contribution in [2.24, 2.45) is 20.5 Å². The predicted octanol–water partition coefficient (Wildman–Crippen LogP) is -1.06. The third kappa shape index (κ3) is 13.7. The van der Waals surface area contributed by atoms with Gasteiger partial charge in [0.15, 0.2) is 21.3 Å². The van der Waals surface area contributed by atoms with Crippen LogP contribution in [-0.4, -0.2) is 24.1 Å². The quantitative estimate of drug-likeness (QED) is 0.0700. The fourth-order valence-corrected chi connectivity index (χ4v) is 4.11. The molecule has 0 N–H and O–H groups in total. The van der Waals surface area contributed by atoms with Crippen molar-refractivity contribution in [3.05, 3.63) is 112 Å². The van der Waals surface area contributed by atoms with E-state index in [0.29, 0.717) is 22.9 Å². The summed E-state index contributed by atoms with van der Waals surface area (Å²) in [6, 6.07) is 14.0. The van der Waals surface area contributed by atoms with E-state index in [1.807, 2.05) is 0 Å². The van der Waals surface area contributed by atoms with E-state index >= 15 is 0 Å². The van der Waals surface area contributed by atoms with E-state index in [4.69, 9.17) is 43.5 Å². The molecule has 16 nitrogen and oxygen atoms in total. The van der Waals surface area contributed by atoms with Crippen molar-refractivity contribution in [3.8, 4) is 11.5 Å². The Kier molecular flexibility index (Phi) is 24.0. The number of halogens is 6. The van der Waals surface area contributed by atoms with Crippen LogP contribution in [0.3, 0.4) is 0 Å². The number of non-ortho nitro benzene ring substituents is 2. The number of ether oxygens (including phenoxy) is 2. The molecule has 0 heterocycles. The molecule has 0 radical (unpaired) electrons. The van der Waals surface area contributed by atoms with Crippen molar-refractivity contribution in [1.29, 1.82) is 10.8 Å². The Morgan fingerprint density at radius 1 is 0.608 bits per heavy atom. The van der Waals surface area contributed by atoms with Crippen LogP contribution in [0.4, 0.5) is 45.5 Å². The van der Waals surface area contributed by atoms with Crippen molar-refractivity contribution in [1.82, 2.24) is 0 Å². The van der Waals surface area contributed by atoms with Crippen LogP contribution in [0.1, 0.15) is 11.1 Å². The zero-order valence-corrected chi connectivity index (χ0v) is 34.2. The second kappa shape index (κ2) is 24.0. The monoisotopic (exact) mass is 868 g/mol. The van der Waals surface area contributed by atoms with E-state index in [1.165, 1.54) is 62.8 Å². The second-order valence-electron chi connectivity index (χ2n) is 9.01. The number of hydrogen-bond acceptors (Lipinski definition) is 12. The molecule has 0 bridgehead atoms. The summed E-state index contributed by atoms with van der Waals surface area (Å²) in [5.41, 5.74) is 2.76. The van der Waals surface area contributed by atoms with Crippen LogP contribution < -0.4 is 59.1 Å². The number of nitrogens with zero attached hydrogens (tertiary/aromatic N) is 10. The minimum Gasteiger partial charge on any atom is -1.00 e. The Morgan fingerprint density at radius 2 is 0.922 bits per heavy atom. The molecule has 0 saturated heterocycles. The molecule has 0 saturated carbocycles. The minimum atomic E-state index is -0.553. The summed E-state index contributed by atoms with van der Waals surface area (Å²) < 4.78 is 10.3. The maximum Gasteiger partial charge on any atom is 2.00 e. The van der Waals surface area contributed by atoms with Crippen molar-refractivity contribution >= 4 is 68.7 Å². The van der Waals surface area contributed by atoms with Gasteiger partial charge in [-0.15, -0.1) is 20.5 Å². The molecule has 4 aromatic carbocycles. The fraction of sp³-hybridized carbons (Fsp3) is 0.143. The molecule has 23 heteroatoms. The molecule has 4 aromatic rings. The van der Waals surface area contributed by atoms with Crippen LogP contribution in [0, 0.1) is 44.9 Å². The summed E-state index contributed by atoms with van der Waals surface area (Å²) in [4.78, 5) is 26.5. The first-order chi connectivity index (χ1) is 21.9. The van der Waals surface area contributed by atoms with Gasteiger partial charge < -0.3 is 59.1 Å². The molecule has 0 atom stereocenters. The van der Waals surface area contributed by atoms with Crippen LogP contribution in [0.15, 0.2) is 81.1 Å².